The minimum Gasteiger partial charge on any atom is -0.464 e. The van der Waals surface area contributed by atoms with Crippen LogP contribution in [0.2, 0.25) is 0 Å². The largest absolute Gasteiger partial charge is 0.464 e. The Morgan fingerprint density at radius 1 is 1.09 bits per heavy atom. The van der Waals surface area contributed by atoms with Crippen LogP contribution in [0, 0.1) is 18.4 Å². The fourth-order valence-corrected chi connectivity index (χ4v) is 5.00. The van der Waals surface area contributed by atoms with E-state index in [0.29, 0.717) is 18.8 Å². The van der Waals surface area contributed by atoms with Crippen molar-refractivity contribution in [3.63, 3.8) is 0 Å². The van der Waals surface area contributed by atoms with Crippen molar-refractivity contribution in [3.8, 4) is 16.8 Å². The Balaban J connectivity index is 1.28. The lowest BCUT2D eigenvalue weighted by Gasteiger charge is -2.16. The highest BCUT2D eigenvalue weighted by molar-refractivity contribution is 5.83. The highest BCUT2D eigenvalue weighted by Crippen LogP contribution is 2.33. The van der Waals surface area contributed by atoms with Gasteiger partial charge in [-0.3, -0.25) is 9.64 Å². The van der Waals surface area contributed by atoms with Gasteiger partial charge in [0.1, 0.15) is 11.4 Å². The average Bonchev–Trinajstić information content (AvgIpc) is 3.30. The number of rotatable bonds is 6. The summed E-state index contributed by atoms with van der Waals surface area (Å²) in [5, 5.41) is 5.54. The van der Waals surface area contributed by atoms with E-state index in [-0.39, 0.29) is 30.1 Å². The number of aromatic nitrogens is 3. The molecule has 1 saturated carbocycles. The van der Waals surface area contributed by atoms with E-state index in [0.717, 1.165) is 53.6 Å². The van der Waals surface area contributed by atoms with Crippen LogP contribution in [-0.2, 0) is 17.9 Å². The zero-order valence-corrected chi connectivity index (χ0v) is 19.3. The molecule has 4 aromatic rings. The summed E-state index contributed by atoms with van der Waals surface area (Å²) in [6, 6.07) is 15.8. The molecule has 1 aliphatic carbocycles. The van der Waals surface area contributed by atoms with Crippen molar-refractivity contribution >= 4 is 16.9 Å². The van der Waals surface area contributed by atoms with E-state index in [1.54, 1.807) is 10.8 Å². The summed E-state index contributed by atoms with van der Waals surface area (Å²) in [5.74, 6) is 1.38. The smallest absolute Gasteiger partial charge is 0.356 e. The Hall–Kier alpha value is -4.12. The molecule has 2 aromatic carbocycles. The van der Waals surface area contributed by atoms with Gasteiger partial charge in [-0.05, 0) is 66.6 Å². The van der Waals surface area contributed by atoms with E-state index >= 15 is 0 Å². The molecule has 0 unspecified atom stereocenters. The Morgan fingerprint density at radius 3 is 2.66 bits per heavy atom. The van der Waals surface area contributed by atoms with Crippen molar-refractivity contribution < 1.29 is 9.21 Å². The van der Waals surface area contributed by atoms with Crippen LogP contribution in [0.25, 0.3) is 32.6 Å². The van der Waals surface area contributed by atoms with Crippen LogP contribution in [0.4, 0.5) is 0 Å². The second-order valence-electron chi connectivity index (χ2n) is 9.47. The number of amides is 1. The van der Waals surface area contributed by atoms with Gasteiger partial charge in [-0.1, -0.05) is 18.2 Å². The number of carbonyl (C=O) groups excluding carboxylic acids is 1. The summed E-state index contributed by atoms with van der Waals surface area (Å²) >= 11 is 0. The zero-order chi connectivity index (χ0) is 23.9. The molecule has 0 spiro atoms. The van der Waals surface area contributed by atoms with Crippen LogP contribution >= 0.6 is 0 Å². The molecule has 0 N–H and O–H groups in total. The first-order valence-electron chi connectivity index (χ1n) is 12.0. The lowest BCUT2D eigenvalue weighted by Crippen LogP contribution is -2.30. The number of likely N-dealkylation sites (tertiary alicyclic amines) is 1. The second kappa shape index (κ2) is 8.58. The van der Waals surface area contributed by atoms with Crippen molar-refractivity contribution in [2.45, 2.75) is 32.4 Å². The molecule has 1 amide bonds. The molecule has 2 fully saturated rings. The monoisotopic (exact) mass is 467 g/mol. The second-order valence-corrected chi connectivity index (χ2v) is 9.47. The molecular weight excluding hydrogens is 442 g/mol. The van der Waals surface area contributed by atoms with Crippen LogP contribution in [0.5, 0.6) is 0 Å². The Kier molecular flexibility index (Phi) is 5.25. The summed E-state index contributed by atoms with van der Waals surface area (Å²) in [6.45, 7) is 8.56. The molecule has 8 nitrogen and oxygen atoms in total. The van der Waals surface area contributed by atoms with Crippen LogP contribution in [0.3, 0.4) is 0 Å². The third kappa shape index (κ3) is 4.03. The van der Waals surface area contributed by atoms with Gasteiger partial charge in [0.25, 0.3) is 0 Å². The lowest BCUT2D eigenvalue weighted by molar-refractivity contribution is -0.131. The molecule has 0 bridgehead atoms. The Morgan fingerprint density at radius 2 is 1.89 bits per heavy atom. The molecule has 6 rings (SSSR count). The van der Waals surface area contributed by atoms with E-state index < -0.39 is 0 Å². The summed E-state index contributed by atoms with van der Waals surface area (Å²) in [5.41, 5.74) is 3.35. The number of fused-ring (bicyclic) bond motifs is 1. The van der Waals surface area contributed by atoms with Crippen molar-refractivity contribution in [2.75, 3.05) is 13.1 Å². The molecule has 2 aliphatic rings. The summed E-state index contributed by atoms with van der Waals surface area (Å²) in [6.07, 6.45) is 5.18. The summed E-state index contributed by atoms with van der Waals surface area (Å²) < 4.78 is 8.27. The van der Waals surface area contributed by atoms with Gasteiger partial charge in [-0.25, -0.2) is 15.9 Å². The average molecular weight is 468 g/mol. The van der Waals surface area contributed by atoms with Gasteiger partial charge in [0.05, 0.1) is 12.0 Å². The molecule has 0 radical (unpaired) electrons. The van der Waals surface area contributed by atoms with Gasteiger partial charge in [-0.2, -0.15) is 0 Å². The number of furan rings is 1. The van der Waals surface area contributed by atoms with E-state index in [1.165, 1.54) is 4.68 Å². The quantitative estimate of drug-likeness (QED) is 0.400. The third-order valence-electron chi connectivity index (χ3n) is 7.02. The number of carbonyl (C=O) groups is 1. The van der Waals surface area contributed by atoms with Gasteiger partial charge in [-0.15, -0.1) is 9.78 Å². The van der Waals surface area contributed by atoms with Gasteiger partial charge >= 0.3 is 12.4 Å². The zero-order valence-electron chi connectivity index (χ0n) is 19.3. The molecule has 2 aromatic heterocycles. The maximum atomic E-state index is 13.1. The predicted molar refractivity (Wildman–Crippen MR) is 131 cm³/mol. The Bertz CT molecular complexity index is 1500. The van der Waals surface area contributed by atoms with Gasteiger partial charge < -0.3 is 9.32 Å². The summed E-state index contributed by atoms with van der Waals surface area (Å²) in [4.78, 5) is 30.9. The molecule has 35 heavy (non-hydrogen) atoms. The SMILES string of the molecule is [C-]#[N+]Cn1nc(C[C@@H]2CCN(C(=O)C3CC3)C2)n(-c2ccc(-c3ccc4occc4c3)cc2)c1=O. The maximum Gasteiger partial charge on any atom is 0.356 e. The minimum absolute atomic E-state index is 0.113. The number of benzene rings is 2. The first kappa shape index (κ1) is 21.4. The first-order chi connectivity index (χ1) is 17.1. The number of nitrogens with zero attached hydrogens (tertiary/aromatic N) is 5. The number of hydrogen-bond acceptors (Lipinski definition) is 4. The van der Waals surface area contributed by atoms with Crippen molar-refractivity contribution in [3.05, 3.63) is 82.5 Å². The predicted octanol–water partition coefficient (Wildman–Crippen LogP) is 4.12. The maximum absolute atomic E-state index is 13.1. The minimum atomic E-state index is -0.313. The molecule has 1 aliphatic heterocycles. The van der Waals surface area contributed by atoms with Crippen LogP contribution in [0.1, 0.15) is 25.1 Å². The molecule has 1 atom stereocenters. The topological polar surface area (TPSA) is 77.6 Å². The van der Waals surface area contributed by atoms with Gasteiger partial charge in [0.2, 0.25) is 5.91 Å². The fraction of sp³-hybridized carbons (Fsp3) is 0.333. The Labute approximate surface area is 202 Å². The van der Waals surface area contributed by atoms with Crippen LogP contribution in [0.15, 0.2) is 64.0 Å². The molecule has 8 heteroatoms. The third-order valence-corrected chi connectivity index (χ3v) is 7.02. The first-order valence-corrected chi connectivity index (χ1v) is 12.0. The summed E-state index contributed by atoms with van der Waals surface area (Å²) in [7, 11) is 0. The molecule has 3 heterocycles. The van der Waals surface area contributed by atoms with E-state index in [9.17, 15) is 9.59 Å². The van der Waals surface area contributed by atoms with Crippen molar-refractivity contribution in [2.24, 2.45) is 11.8 Å². The molecule has 176 valence electrons. The van der Waals surface area contributed by atoms with Crippen LogP contribution in [-0.4, -0.2) is 38.2 Å². The normalized spacial score (nSPS) is 17.7. The highest BCUT2D eigenvalue weighted by Gasteiger charge is 2.37. The molecule has 1 saturated heterocycles. The van der Waals surface area contributed by atoms with E-state index in [4.69, 9.17) is 11.0 Å². The fourth-order valence-electron chi connectivity index (χ4n) is 5.00. The van der Waals surface area contributed by atoms with E-state index in [2.05, 4.69) is 16.0 Å². The standard InChI is InChI=1S/C27H25N5O3/c1-28-17-31-27(34)32(25(29-31)14-18-10-12-30(16-18)26(33)20-2-3-20)23-7-4-19(5-8-23)21-6-9-24-22(15-21)11-13-35-24/h4-9,11,13,15,18,20H,2-3,10,12,14,16-17H2/t18-/m0/s1. The van der Waals surface area contributed by atoms with Gasteiger partial charge in [0, 0.05) is 30.8 Å². The number of hydrogen-bond donors (Lipinski definition) is 0. The van der Waals surface area contributed by atoms with Gasteiger partial charge in [0.15, 0.2) is 0 Å². The van der Waals surface area contributed by atoms with Crippen LogP contribution < -0.4 is 5.69 Å². The lowest BCUT2D eigenvalue weighted by atomic mass is 10.0. The van der Waals surface area contributed by atoms with Crippen molar-refractivity contribution in [1.82, 2.24) is 19.2 Å². The van der Waals surface area contributed by atoms with Crippen molar-refractivity contribution in [1.29, 1.82) is 0 Å². The van der Waals surface area contributed by atoms with E-state index in [1.807, 2.05) is 47.4 Å². The molecular formula is C27H25N5O3. The highest BCUT2D eigenvalue weighted by atomic mass is 16.3.